The van der Waals surface area contributed by atoms with Gasteiger partial charge in [-0.2, -0.15) is 0 Å². The minimum Gasteiger partial charge on any atom is -0.392 e. The molecule has 0 aromatic rings. The number of likely N-dealkylation sites (N-methyl/N-ethyl adjacent to an activating group) is 1. The van der Waals surface area contributed by atoms with Gasteiger partial charge in [0.1, 0.15) is 0 Å². The summed E-state index contributed by atoms with van der Waals surface area (Å²) >= 11 is 4.84. The van der Waals surface area contributed by atoms with Gasteiger partial charge in [0.2, 0.25) is 5.91 Å². The molecule has 0 bridgehead atoms. The van der Waals surface area contributed by atoms with Gasteiger partial charge in [0.15, 0.2) is 0 Å². The van der Waals surface area contributed by atoms with Crippen molar-refractivity contribution in [3.63, 3.8) is 0 Å². The molecule has 0 atom stereocenters. The minimum absolute atomic E-state index is 0.166. The van der Waals surface area contributed by atoms with Gasteiger partial charge in [0, 0.05) is 13.1 Å². The van der Waals surface area contributed by atoms with Crippen molar-refractivity contribution in [2.45, 2.75) is 13.8 Å². The van der Waals surface area contributed by atoms with E-state index in [4.69, 9.17) is 22.7 Å². The van der Waals surface area contributed by atoms with Gasteiger partial charge in [-0.1, -0.05) is 12.2 Å². The van der Waals surface area contributed by atoms with E-state index in [1.165, 1.54) is 0 Å². The maximum absolute atomic E-state index is 11.7. The molecule has 0 aromatic carbocycles. The highest BCUT2D eigenvalue weighted by Gasteiger charge is 2.30. The normalized spacial score (nSPS) is 11.6. The molecule has 0 unspecified atom stereocenters. The van der Waals surface area contributed by atoms with E-state index in [0.29, 0.717) is 19.8 Å². The zero-order valence-electron chi connectivity index (χ0n) is 11.1. The lowest BCUT2D eigenvalue weighted by atomic mass is 9.92. The van der Waals surface area contributed by atoms with Crippen molar-refractivity contribution in [3.05, 3.63) is 0 Å². The number of carbonyl (C=O) groups is 1. The van der Waals surface area contributed by atoms with Crippen LogP contribution in [0.5, 0.6) is 0 Å². The van der Waals surface area contributed by atoms with E-state index < -0.39 is 5.41 Å². The largest absolute Gasteiger partial charge is 0.392 e. The highest BCUT2D eigenvalue weighted by Crippen LogP contribution is 2.14. The van der Waals surface area contributed by atoms with Crippen LogP contribution in [0.4, 0.5) is 0 Å². The minimum atomic E-state index is -0.807. The average Bonchev–Trinajstić information content (AvgIpc) is 2.21. The number of hydrogen-bond acceptors (Lipinski definition) is 4. The summed E-state index contributed by atoms with van der Waals surface area (Å²) in [4.78, 5) is 13.9. The third kappa shape index (κ3) is 6.55. The Hall–Kier alpha value is -0.720. The van der Waals surface area contributed by atoms with Crippen LogP contribution < -0.4 is 11.1 Å². The van der Waals surface area contributed by atoms with Crippen molar-refractivity contribution >= 4 is 23.1 Å². The maximum atomic E-state index is 11.7. The maximum Gasteiger partial charge on any atom is 0.232 e. The van der Waals surface area contributed by atoms with Gasteiger partial charge < -0.3 is 20.7 Å². The quantitative estimate of drug-likeness (QED) is 0.475. The third-order valence-electron chi connectivity index (χ3n) is 2.40. The van der Waals surface area contributed by atoms with Gasteiger partial charge >= 0.3 is 0 Å². The fraction of sp³-hybridized carbons (Fsp3) is 0.818. The average molecular weight is 261 g/mol. The van der Waals surface area contributed by atoms with Crippen LogP contribution in [0.2, 0.25) is 0 Å². The topological polar surface area (TPSA) is 67.6 Å². The first kappa shape index (κ1) is 16.3. The molecule has 0 saturated heterocycles. The second kappa shape index (κ2) is 7.58. The van der Waals surface area contributed by atoms with E-state index in [-0.39, 0.29) is 10.9 Å². The Morgan fingerprint density at radius 2 is 2.00 bits per heavy atom. The van der Waals surface area contributed by atoms with Crippen molar-refractivity contribution in [1.29, 1.82) is 0 Å². The number of nitrogens with two attached hydrogens (primary N) is 1. The van der Waals surface area contributed by atoms with Crippen molar-refractivity contribution in [2.75, 3.05) is 40.4 Å². The van der Waals surface area contributed by atoms with Crippen LogP contribution >= 0.6 is 12.2 Å². The number of nitrogens with zero attached hydrogens (tertiary/aromatic N) is 1. The summed E-state index contributed by atoms with van der Waals surface area (Å²) in [5.41, 5.74) is 4.68. The fourth-order valence-corrected chi connectivity index (χ4v) is 1.01. The molecule has 0 heterocycles. The third-order valence-corrected chi connectivity index (χ3v) is 2.91. The molecule has 3 N–H and O–H groups in total. The molecule has 5 nitrogen and oxygen atoms in total. The summed E-state index contributed by atoms with van der Waals surface area (Å²) in [7, 11) is 3.96. The Labute approximate surface area is 109 Å². The van der Waals surface area contributed by atoms with Crippen LogP contribution in [0, 0.1) is 5.41 Å². The lowest BCUT2D eigenvalue weighted by molar-refractivity contribution is -0.126. The summed E-state index contributed by atoms with van der Waals surface area (Å²) in [6, 6.07) is 0. The second-order valence-electron chi connectivity index (χ2n) is 4.66. The van der Waals surface area contributed by atoms with Crippen LogP contribution in [0.25, 0.3) is 0 Å². The molecule has 100 valence electrons. The second-order valence-corrected chi connectivity index (χ2v) is 5.10. The Morgan fingerprint density at radius 1 is 1.41 bits per heavy atom. The number of ether oxygens (including phenoxy) is 1. The number of hydrogen-bond donors (Lipinski definition) is 2. The van der Waals surface area contributed by atoms with Gasteiger partial charge in [-0.15, -0.1) is 0 Å². The monoisotopic (exact) mass is 261 g/mol. The molecule has 0 aromatic heterocycles. The van der Waals surface area contributed by atoms with E-state index in [0.717, 1.165) is 6.54 Å². The number of nitrogens with one attached hydrogen (secondary N) is 1. The molecular weight excluding hydrogens is 238 g/mol. The molecule has 6 heteroatoms. The first-order valence-corrected chi connectivity index (χ1v) is 6.00. The van der Waals surface area contributed by atoms with Crippen molar-refractivity contribution in [3.8, 4) is 0 Å². The molecule has 0 aliphatic heterocycles. The highest BCUT2D eigenvalue weighted by molar-refractivity contribution is 7.80. The zero-order valence-corrected chi connectivity index (χ0v) is 11.9. The van der Waals surface area contributed by atoms with E-state index in [2.05, 4.69) is 5.32 Å². The van der Waals surface area contributed by atoms with Crippen LogP contribution in [-0.4, -0.2) is 56.2 Å². The first-order valence-electron chi connectivity index (χ1n) is 5.59. The van der Waals surface area contributed by atoms with E-state index in [9.17, 15) is 4.79 Å². The Balaban J connectivity index is 3.69. The highest BCUT2D eigenvalue weighted by atomic mass is 32.1. The Morgan fingerprint density at radius 3 is 2.47 bits per heavy atom. The van der Waals surface area contributed by atoms with Crippen LogP contribution in [0.1, 0.15) is 13.8 Å². The lowest BCUT2D eigenvalue weighted by Gasteiger charge is -2.21. The Kier molecular flexibility index (Phi) is 7.26. The number of carbonyl (C=O) groups excluding carboxylic acids is 1. The van der Waals surface area contributed by atoms with Gasteiger partial charge in [0.25, 0.3) is 0 Å². The molecule has 0 spiro atoms. The fourth-order valence-electron chi connectivity index (χ4n) is 0.919. The van der Waals surface area contributed by atoms with Gasteiger partial charge in [-0.05, 0) is 27.9 Å². The van der Waals surface area contributed by atoms with E-state index in [1.807, 2.05) is 19.0 Å². The van der Waals surface area contributed by atoms with Crippen LogP contribution in [-0.2, 0) is 9.53 Å². The molecule has 0 fully saturated rings. The van der Waals surface area contributed by atoms with Gasteiger partial charge in [-0.25, -0.2) is 0 Å². The summed E-state index contributed by atoms with van der Waals surface area (Å²) in [5.74, 6) is -0.166. The SMILES string of the molecule is CN(C)CCOCCNC(=O)C(C)(C)C(N)=S. The number of amides is 1. The summed E-state index contributed by atoms with van der Waals surface area (Å²) in [6.45, 7) is 5.90. The van der Waals surface area contributed by atoms with Crippen molar-refractivity contribution < 1.29 is 9.53 Å². The molecule has 0 saturated carbocycles. The predicted molar refractivity (Wildman–Crippen MR) is 72.9 cm³/mol. The molecule has 0 aliphatic rings. The molecule has 1 amide bonds. The first-order chi connectivity index (χ1) is 7.78. The van der Waals surface area contributed by atoms with Gasteiger partial charge in [-0.3, -0.25) is 4.79 Å². The Bertz CT molecular complexity index is 267. The van der Waals surface area contributed by atoms with E-state index in [1.54, 1.807) is 13.8 Å². The standard InChI is InChI=1S/C11H23N3O2S/c1-11(2,9(12)17)10(15)13-5-7-16-8-6-14(3)4/h5-8H2,1-4H3,(H2,12,17)(H,13,15). The molecule has 0 aliphatic carbocycles. The molecule has 17 heavy (non-hydrogen) atoms. The van der Waals surface area contributed by atoms with Crippen molar-refractivity contribution in [1.82, 2.24) is 10.2 Å². The van der Waals surface area contributed by atoms with Crippen LogP contribution in [0.15, 0.2) is 0 Å². The molecule has 0 radical (unpaired) electrons. The van der Waals surface area contributed by atoms with Crippen LogP contribution in [0.3, 0.4) is 0 Å². The number of rotatable bonds is 8. The predicted octanol–water partition coefficient (Wildman–Crippen LogP) is -0.00690. The van der Waals surface area contributed by atoms with Crippen molar-refractivity contribution in [2.24, 2.45) is 11.1 Å². The zero-order chi connectivity index (χ0) is 13.5. The summed E-state index contributed by atoms with van der Waals surface area (Å²) in [5, 5.41) is 2.75. The molecular formula is C11H23N3O2S. The smallest absolute Gasteiger partial charge is 0.232 e. The van der Waals surface area contributed by atoms with Gasteiger partial charge in [0.05, 0.1) is 23.6 Å². The molecule has 0 rings (SSSR count). The summed E-state index contributed by atoms with van der Waals surface area (Å²) < 4.78 is 5.35. The summed E-state index contributed by atoms with van der Waals surface area (Å²) in [6.07, 6.45) is 0. The van der Waals surface area contributed by atoms with E-state index >= 15 is 0 Å². The number of thiocarbonyl (C=S) groups is 1. The lowest BCUT2D eigenvalue weighted by Crippen LogP contribution is -2.45.